The summed E-state index contributed by atoms with van der Waals surface area (Å²) in [5.74, 6) is 0.867. The van der Waals surface area contributed by atoms with Gasteiger partial charge in [-0.25, -0.2) is 0 Å². The molecule has 0 heterocycles. The second-order valence-corrected chi connectivity index (χ2v) is 5.67. The maximum atomic E-state index is 6.00. The molecule has 0 atom stereocenters. The summed E-state index contributed by atoms with van der Waals surface area (Å²) in [6.45, 7) is 14.7. The summed E-state index contributed by atoms with van der Waals surface area (Å²) in [4.78, 5) is 2.57. The number of hydrogen-bond donors (Lipinski definition) is 1. The van der Waals surface area contributed by atoms with E-state index < -0.39 is 0 Å². The second-order valence-electron chi connectivity index (χ2n) is 5.67. The van der Waals surface area contributed by atoms with Crippen LogP contribution in [0.2, 0.25) is 0 Å². The van der Waals surface area contributed by atoms with Crippen LogP contribution in [0.15, 0.2) is 0 Å². The van der Waals surface area contributed by atoms with Gasteiger partial charge in [0.05, 0.1) is 0 Å². The molecule has 0 saturated carbocycles. The van der Waals surface area contributed by atoms with Gasteiger partial charge in [-0.2, -0.15) is 0 Å². The van der Waals surface area contributed by atoms with Gasteiger partial charge in [0.2, 0.25) is 0 Å². The Balaban J connectivity index is 3.83. The number of nitrogens with zero attached hydrogens (tertiary/aromatic N) is 1. The van der Waals surface area contributed by atoms with E-state index in [-0.39, 0.29) is 5.54 Å². The smallest absolute Gasteiger partial charge is 0.00975 e. The maximum absolute atomic E-state index is 6.00. The van der Waals surface area contributed by atoms with Gasteiger partial charge in [0, 0.05) is 12.1 Å². The van der Waals surface area contributed by atoms with Gasteiger partial charge >= 0.3 is 0 Å². The van der Waals surface area contributed by atoms with Crippen LogP contribution in [0.5, 0.6) is 0 Å². The molecule has 0 fully saturated rings. The Morgan fingerprint density at radius 2 is 1.69 bits per heavy atom. The van der Waals surface area contributed by atoms with Crippen LogP contribution < -0.4 is 5.73 Å². The lowest BCUT2D eigenvalue weighted by Crippen LogP contribution is -2.35. The highest BCUT2D eigenvalue weighted by Crippen LogP contribution is 2.12. The Labute approximate surface area is 103 Å². The van der Waals surface area contributed by atoms with Crippen LogP contribution in [0.3, 0.4) is 0 Å². The predicted molar refractivity (Wildman–Crippen MR) is 73.7 cm³/mol. The first-order valence-electron chi connectivity index (χ1n) is 6.94. The number of hydrogen-bond acceptors (Lipinski definition) is 2. The molecule has 0 aliphatic heterocycles. The number of rotatable bonds is 9. The fraction of sp³-hybridized carbons (Fsp3) is 1.00. The fourth-order valence-electron chi connectivity index (χ4n) is 2.05. The zero-order valence-corrected chi connectivity index (χ0v) is 12.1. The summed E-state index contributed by atoms with van der Waals surface area (Å²) in [6, 6.07) is 0. The summed E-state index contributed by atoms with van der Waals surface area (Å²) in [5, 5.41) is 0. The average molecular weight is 228 g/mol. The van der Waals surface area contributed by atoms with Gasteiger partial charge < -0.3 is 10.6 Å². The van der Waals surface area contributed by atoms with E-state index >= 15 is 0 Å². The van der Waals surface area contributed by atoms with Crippen molar-refractivity contribution in [2.45, 2.75) is 65.8 Å². The van der Waals surface area contributed by atoms with Gasteiger partial charge in [-0.3, -0.25) is 0 Å². The van der Waals surface area contributed by atoms with Crippen molar-refractivity contribution in [3.8, 4) is 0 Å². The molecule has 0 aromatic rings. The first-order chi connectivity index (χ1) is 7.42. The SMILES string of the molecule is CCC(CC)CN(CC)CCCC(C)(C)N. The minimum atomic E-state index is -0.00563. The van der Waals surface area contributed by atoms with E-state index in [2.05, 4.69) is 39.5 Å². The lowest BCUT2D eigenvalue weighted by atomic mass is 9.99. The van der Waals surface area contributed by atoms with E-state index in [9.17, 15) is 0 Å². The van der Waals surface area contributed by atoms with E-state index in [1.54, 1.807) is 0 Å². The van der Waals surface area contributed by atoms with Crippen LogP contribution in [0.25, 0.3) is 0 Å². The third-order valence-corrected chi connectivity index (χ3v) is 3.41. The molecule has 0 aromatic heterocycles. The first kappa shape index (κ1) is 15.9. The molecule has 0 aliphatic rings. The predicted octanol–water partition coefficient (Wildman–Crippen LogP) is 3.26. The molecule has 2 heteroatoms. The van der Waals surface area contributed by atoms with Crippen molar-refractivity contribution < 1.29 is 0 Å². The second kappa shape index (κ2) is 8.08. The van der Waals surface area contributed by atoms with Crippen molar-refractivity contribution in [1.82, 2.24) is 4.90 Å². The molecule has 0 spiro atoms. The van der Waals surface area contributed by atoms with Gasteiger partial charge in [-0.05, 0) is 45.7 Å². The van der Waals surface area contributed by atoms with E-state index in [0.29, 0.717) is 0 Å². The molecule has 0 radical (unpaired) electrons. The van der Waals surface area contributed by atoms with Crippen molar-refractivity contribution >= 4 is 0 Å². The van der Waals surface area contributed by atoms with Crippen molar-refractivity contribution in [2.24, 2.45) is 11.7 Å². The lowest BCUT2D eigenvalue weighted by molar-refractivity contribution is 0.224. The van der Waals surface area contributed by atoms with Crippen molar-refractivity contribution in [3.63, 3.8) is 0 Å². The third kappa shape index (κ3) is 8.12. The Kier molecular flexibility index (Phi) is 8.04. The lowest BCUT2D eigenvalue weighted by Gasteiger charge is -2.26. The van der Waals surface area contributed by atoms with Gasteiger partial charge in [0.15, 0.2) is 0 Å². The quantitative estimate of drug-likeness (QED) is 0.656. The van der Waals surface area contributed by atoms with E-state index in [4.69, 9.17) is 5.73 Å². The summed E-state index contributed by atoms with van der Waals surface area (Å²) in [7, 11) is 0. The van der Waals surface area contributed by atoms with Gasteiger partial charge in [-0.15, -0.1) is 0 Å². The van der Waals surface area contributed by atoms with Crippen LogP contribution in [0.4, 0.5) is 0 Å². The molecule has 0 unspecified atom stereocenters. The summed E-state index contributed by atoms with van der Waals surface area (Å²) in [5.41, 5.74) is 5.99. The molecule has 2 N–H and O–H groups in total. The van der Waals surface area contributed by atoms with Crippen molar-refractivity contribution in [2.75, 3.05) is 19.6 Å². The monoisotopic (exact) mass is 228 g/mol. The normalized spacial score (nSPS) is 12.8. The van der Waals surface area contributed by atoms with E-state index in [1.165, 1.54) is 38.9 Å². The minimum Gasteiger partial charge on any atom is -0.326 e. The third-order valence-electron chi connectivity index (χ3n) is 3.41. The van der Waals surface area contributed by atoms with Crippen molar-refractivity contribution in [1.29, 1.82) is 0 Å². The van der Waals surface area contributed by atoms with Crippen LogP contribution in [0, 0.1) is 5.92 Å². The van der Waals surface area contributed by atoms with Crippen LogP contribution in [-0.2, 0) is 0 Å². The Hall–Kier alpha value is -0.0800. The molecule has 2 nitrogen and oxygen atoms in total. The molecule has 0 aromatic carbocycles. The maximum Gasteiger partial charge on any atom is 0.00975 e. The molecule has 98 valence electrons. The summed E-state index contributed by atoms with van der Waals surface area (Å²) in [6.07, 6.45) is 4.94. The van der Waals surface area contributed by atoms with E-state index in [0.717, 1.165) is 12.3 Å². The minimum absolute atomic E-state index is 0.00563. The molecule has 0 bridgehead atoms. The fourth-order valence-corrected chi connectivity index (χ4v) is 2.05. The van der Waals surface area contributed by atoms with Crippen LogP contribution in [0.1, 0.15) is 60.3 Å². The topological polar surface area (TPSA) is 29.3 Å². The van der Waals surface area contributed by atoms with Gasteiger partial charge in [0.25, 0.3) is 0 Å². The van der Waals surface area contributed by atoms with Gasteiger partial charge in [-0.1, -0.05) is 33.6 Å². The molecule has 16 heavy (non-hydrogen) atoms. The van der Waals surface area contributed by atoms with Gasteiger partial charge in [0.1, 0.15) is 0 Å². The Bertz CT molecular complexity index is 157. The first-order valence-corrected chi connectivity index (χ1v) is 6.94. The summed E-state index contributed by atoms with van der Waals surface area (Å²) < 4.78 is 0. The highest BCUT2D eigenvalue weighted by atomic mass is 15.1. The Morgan fingerprint density at radius 1 is 1.12 bits per heavy atom. The zero-order chi connectivity index (χ0) is 12.6. The highest BCUT2D eigenvalue weighted by Gasteiger charge is 2.13. The summed E-state index contributed by atoms with van der Waals surface area (Å²) >= 11 is 0. The largest absolute Gasteiger partial charge is 0.326 e. The Morgan fingerprint density at radius 3 is 2.06 bits per heavy atom. The molecule has 0 saturated heterocycles. The standard InChI is InChI=1S/C14H32N2/c1-6-13(7-2)12-16(8-3)11-9-10-14(4,5)15/h13H,6-12,15H2,1-5H3. The average Bonchev–Trinajstić information content (AvgIpc) is 2.21. The van der Waals surface area contributed by atoms with Crippen LogP contribution >= 0.6 is 0 Å². The number of nitrogens with two attached hydrogens (primary N) is 1. The molecule has 0 aliphatic carbocycles. The molecule has 0 amide bonds. The highest BCUT2D eigenvalue weighted by molar-refractivity contribution is 4.72. The zero-order valence-electron chi connectivity index (χ0n) is 12.1. The molecular weight excluding hydrogens is 196 g/mol. The van der Waals surface area contributed by atoms with E-state index in [1.807, 2.05) is 0 Å². The molecule has 0 rings (SSSR count). The van der Waals surface area contributed by atoms with Crippen molar-refractivity contribution in [3.05, 3.63) is 0 Å². The molecular formula is C14H32N2. The van der Waals surface area contributed by atoms with Crippen LogP contribution in [-0.4, -0.2) is 30.1 Å².